The quantitative estimate of drug-likeness (QED) is 0.589. The van der Waals surface area contributed by atoms with Crippen molar-refractivity contribution in [3.8, 4) is 0 Å². The Labute approximate surface area is 192 Å². The molecule has 0 radical (unpaired) electrons. The number of methoxy groups -OCH3 is 1. The minimum Gasteiger partial charge on any atom is -0.453 e. The van der Waals surface area contributed by atoms with Crippen molar-refractivity contribution in [1.29, 1.82) is 0 Å². The fourth-order valence-electron chi connectivity index (χ4n) is 3.91. The molecule has 1 aliphatic rings. The van der Waals surface area contributed by atoms with Crippen LogP contribution in [0, 0.1) is 5.92 Å². The lowest BCUT2D eigenvalue weighted by Gasteiger charge is -2.31. The zero-order valence-corrected chi connectivity index (χ0v) is 19.0. The van der Waals surface area contributed by atoms with Crippen LogP contribution in [-0.2, 0) is 19.6 Å². The Balaban J connectivity index is 1.44. The van der Waals surface area contributed by atoms with Crippen molar-refractivity contribution in [2.24, 2.45) is 5.92 Å². The van der Waals surface area contributed by atoms with E-state index in [1.165, 1.54) is 35.7 Å². The molecule has 0 aliphatic carbocycles. The van der Waals surface area contributed by atoms with Crippen molar-refractivity contribution in [2.75, 3.05) is 30.8 Å². The average Bonchev–Trinajstić information content (AvgIpc) is 2.84. The van der Waals surface area contributed by atoms with Crippen LogP contribution in [0.1, 0.15) is 12.8 Å². The second-order valence-electron chi connectivity index (χ2n) is 7.89. The van der Waals surface area contributed by atoms with E-state index in [2.05, 4.69) is 15.4 Å². The fraction of sp³-hybridized carbons (Fsp3) is 0.250. The number of nitrogens with one attached hydrogen (secondary N) is 2. The second-order valence-corrected chi connectivity index (χ2v) is 9.83. The summed E-state index contributed by atoms with van der Waals surface area (Å²) in [5.41, 5.74) is 1.11. The molecular weight excluding hydrogens is 442 g/mol. The Morgan fingerprint density at radius 1 is 0.939 bits per heavy atom. The highest BCUT2D eigenvalue weighted by atomic mass is 32.2. The molecule has 3 aromatic rings. The number of carbonyl (C=O) groups excluding carboxylic acids is 2. The van der Waals surface area contributed by atoms with Gasteiger partial charge in [0.15, 0.2) is 0 Å². The monoisotopic (exact) mass is 467 g/mol. The summed E-state index contributed by atoms with van der Waals surface area (Å²) in [6, 6.07) is 19.4. The Hall–Kier alpha value is -3.43. The third-order valence-electron chi connectivity index (χ3n) is 5.70. The minimum atomic E-state index is -3.77. The van der Waals surface area contributed by atoms with Crippen molar-refractivity contribution in [3.05, 3.63) is 66.7 Å². The van der Waals surface area contributed by atoms with Gasteiger partial charge in [-0.05, 0) is 60.0 Å². The van der Waals surface area contributed by atoms with Gasteiger partial charge in [-0.1, -0.05) is 30.3 Å². The molecule has 0 bridgehead atoms. The van der Waals surface area contributed by atoms with Gasteiger partial charge in [0.2, 0.25) is 15.9 Å². The summed E-state index contributed by atoms with van der Waals surface area (Å²) in [6.07, 6.45) is 0.576. The van der Waals surface area contributed by atoms with Gasteiger partial charge in [-0.15, -0.1) is 0 Å². The number of benzene rings is 3. The molecule has 2 N–H and O–H groups in total. The van der Waals surface area contributed by atoms with Crippen LogP contribution in [0.3, 0.4) is 0 Å². The van der Waals surface area contributed by atoms with E-state index in [0.717, 1.165) is 10.8 Å². The molecule has 2 amide bonds. The summed E-state index contributed by atoms with van der Waals surface area (Å²) in [4.78, 5) is 24.3. The second kappa shape index (κ2) is 9.60. The van der Waals surface area contributed by atoms with Crippen LogP contribution in [-0.4, -0.2) is 44.9 Å². The molecule has 1 atom stereocenters. The average molecular weight is 468 g/mol. The zero-order chi connectivity index (χ0) is 23.4. The Morgan fingerprint density at radius 3 is 2.36 bits per heavy atom. The van der Waals surface area contributed by atoms with Gasteiger partial charge in [-0.25, -0.2) is 13.2 Å². The van der Waals surface area contributed by atoms with Gasteiger partial charge in [0.05, 0.1) is 17.9 Å². The smallest absolute Gasteiger partial charge is 0.411 e. The lowest BCUT2D eigenvalue weighted by atomic mass is 9.98. The largest absolute Gasteiger partial charge is 0.453 e. The third kappa shape index (κ3) is 5.15. The Morgan fingerprint density at radius 2 is 1.64 bits per heavy atom. The first kappa shape index (κ1) is 22.8. The maximum absolute atomic E-state index is 13.1. The van der Waals surface area contributed by atoms with E-state index in [-0.39, 0.29) is 17.3 Å². The van der Waals surface area contributed by atoms with E-state index in [1.54, 1.807) is 0 Å². The van der Waals surface area contributed by atoms with E-state index >= 15 is 0 Å². The maximum Gasteiger partial charge on any atom is 0.411 e. The normalized spacial score (nSPS) is 16.8. The number of hydrogen-bond acceptors (Lipinski definition) is 5. The van der Waals surface area contributed by atoms with E-state index in [0.29, 0.717) is 30.8 Å². The van der Waals surface area contributed by atoms with Gasteiger partial charge < -0.3 is 10.1 Å². The summed E-state index contributed by atoms with van der Waals surface area (Å²) in [5, 5.41) is 7.52. The summed E-state index contributed by atoms with van der Waals surface area (Å²) in [5.74, 6) is -0.636. The molecule has 3 aromatic carbocycles. The first-order valence-corrected chi connectivity index (χ1v) is 12.1. The number of carbonyl (C=O) groups is 2. The number of hydrogen-bond donors (Lipinski definition) is 2. The maximum atomic E-state index is 13.1. The molecule has 172 valence electrons. The van der Waals surface area contributed by atoms with Crippen LogP contribution in [0.2, 0.25) is 0 Å². The topological polar surface area (TPSA) is 105 Å². The summed E-state index contributed by atoms with van der Waals surface area (Å²) < 4.78 is 32.1. The van der Waals surface area contributed by atoms with E-state index in [1.807, 2.05) is 42.5 Å². The van der Waals surface area contributed by atoms with Crippen molar-refractivity contribution < 1.29 is 22.7 Å². The summed E-state index contributed by atoms with van der Waals surface area (Å²) in [6.45, 7) is 0.466. The molecule has 33 heavy (non-hydrogen) atoms. The van der Waals surface area contributed by atoms with Crippen LogP contribution in [0.4, 0.5) is 16.2 Å². The van der Waals surface area contributed by atoms with Gasteiger partial charge in [0.1, 0.15) is 0 Å². The standard InChI is InChI=1S/C24H25N3O5S/c1-32-24(29)26-20-10-12-22(13-11-20)33(30,31)27-14-4-7-19(16-27)23(28)25-21-9-8-17-5-2-3-6-18(17)15-21/h2-3,5-6,8-13,15,19H,4,7,14,16H2,1H3,(H,25,28)(H,26,29)/t19-/m1/s1. The molecule has 0 unspecified atom stereocenters. The number of fused-ring (bicyclic) bond motifs is 1. The number of nitrogens with zero attached hydrogens (tertiary/aromatic N) is 1. The molecular formula is C24H25N3O5S. The molecule has 0 spiro atoms. The minimum absolute atomic E-state index is 0.105. The number of ether oxygens (including phenoxy) is 1. The predicted molar refractivity (Wildman–Crippen MR) is 127 cm³/mol. The molecule has 1 heterocycles. The molecule has 1 fully saturated rings. The molecule has 0 saturated carbocycles. The third-order valence-corrected chi connectivity index (χ3v) is 7.58. The molecule has 1 aliphatic heterocycles. The van der Waals surface area contributed by atoms with Crippen molar-refractivity contribution in [1.82, 2.24) is 4.31 Å². The highest BCUT2D eigenvalue weighted by Crippen LogP contribution is 2.26. The van der Waals surface area contributed by atoms with Gasteiger partial charge in [-0.3, -0.25) is 10.1 Å². The first-order chi connectivity index (χ1) is 15.9. The number of piperidine rings is 1. The van der Waals surface area contributed by atoms with E-state index < -0.39 is 22.0 Å². The Bertz CT molecular complexity index is 1270. The predicted octanol–water partition coefficient (Wildman–Crippen LogP) is 4.06. The van der Waals surface area contributed by atoms with Crippen molar-refractivity contribution in [3.63, 3.8) is 0 Å². The van der Waals surface area contributed by atoms with Crippen molar-refractivity contribution in [2.45, 2.75) is 17.7 Å². The number of anilines is 2. The van der Waals surface area contributed by atoms with Gasteiger partial charge >= 0.3 is 6.09 Å². The first-order valence-electron chi connectivity index (χ1n) is 10.6. The fourth-order valence-corrected chi connectivity index (χ4v) is 5.44. The van der Waals surface area contributed by atoms with E-state index in [9.17, 15) is 18.0 Å². The Kier molecular flexibility index (Phi) is 6.62. The van der Waals surface area contributed by atoms with Crippen LogP contribution in [0.15, 0.2) is 71.6 Å². The van der Waals surface area contributed by atoms with Gasteiger partial charge in [0.25, 0.3) is 0 Å². The SMILES string of the molecule is COC(=O)Nc1ccc(S(=O)(=O)N2CCC[C@@H](C(=O)Nc3ccc4ccccc4c3)C2)cc1. The molecule has 0 aromatic heterocycles. The summed E-state index contributed by atoms with van der Waals surface area (Å²) in [7, 11) is -2.52. The van der Waals surface area contributed by atoms with Gasteiger partial charge in [-0.2, -0.15) is 4.31 Å². The van der Waals surface area contributed by atoms with Crippen LogP contribution >= 0.6 is 0 Å². The molecule has 1 saturated heterocycles. The number of rotatable bonds is 5. The van der Waals surface area contributed by atoms with E-state index in [4.69, 9.17) is 0 Å². The highest BCUT2D eigenvalue weighted by Gasteiger charge is 2.33. The number of sulfonamides is 1. The number of amides is 2. The zero-order valence-electron chi connectivity index (χ0n) is 18.2. The van der Waals surface area contributed by atoms with Crippen LogP contribution < -0.4 is 10.6 Å². The van der Waals surface area contributed by atoms with Crippen molar-refractivity contribution >= 4 is 44.2 Å². The highest BCUT2D eigenvalue weighted by molar-refractivity contribution is 7.89. The van der Waals surface area contributed by atoms with Crippen LogP contribution in [0.5, 0.6) is 0 Å². The summed E-state index contributed by atoms with van der Waals surface area (Å²) >= 11 is 0. The lowest BCUT2D eigenvalue weighted by molar-refractivity contribution is -0.120. The lowest BCUT2D eigenvalue weighted by Crippen LogP contribution is -2.43. The molecule has 4 rings (SSSR count). The molecule has 9 heteroatoms. The van der Waals surface area contributed by atoms with Gasteiger partial charge in [0, 0.05) is 24.5 Å². The van der Waals surface area contributed by atoms with Crippen LogP contribution in [0.25, 0.3) is 10.8 Å². The molecule has 8 nitrogen and oxygen atoms in total.